The fourth-order valence-electron chi connectivity index (χ4n) is 3.13. The van der Waals surface area contributed by atoms with Crippen LogP contribution in [0.1, 0.15) is 22.3 Å². The quantitative estimate of drug-likeness (QED) is 0.496. The lowest BCUT2D eigenvalue weighted by atomic mass is 9.96. The van der Waals surface area contributed by atoms with Gasteiger partial charge in [0.15, 0.2) is 6.20 Å². The molecular weight excluding hydrogens is 280 g/mol. The van der Waals surface area contributed by atoms with Gasteiger partial charge in [0.05, 0.1) is 17.6 Å². The minimum atomic E-state index is -0.374. The molecule has 0 amide bonds. The van der Waals surface area contributed by atoms with Gasteiger partial charge in [0, 0.05) is 16.7 Å². The molecule has 116 valence electrons. The van der Waals surface area contributed by atoms with Gasteiger partial charge in [0.1, 0.15) is 7.05 Å². The van der Waals surface area contributed by atoms with E-state index in [0.29, 0.717) is 11.3 Å². The second-order valence-corrected chi connectivity index (χ2v) is 5.68. The average Bonchev–Trinajstić information content (AvgIpc) is 2.38. The summed E-state index contributed by atoms with van der Waals surface area (Å²) in [7, 11) is 3.42. The maximum absolute atomic E-state index is 11.4. The predicted octanol–water partition coefficient (Wildman–Crippen LogP) is 3.33. The van der Waals surface area contributed by atoms with Gasteiger partial charge in [-0.2, -0.15) is 0 Å². The van der Waals surface area contributed by atoms with E-state index in [9.17, 15) is 10.1 Å². The summed E-state index contributed by atoms with van der Waals surface area (Å²) in [5.41, 5.74) is 5.51. The molecule has 2 rings (SSSR count). The van der Waals surface area contributed by atoms with Gasteiger partial charge in [-0.05, 0) is 45.4 Å². The molecule has 0 N–H and O–H groups in total. The van der Waals surface area contributed by atoms with Gasteiger partial charge < -0.3 is 4.74 Å². The van der Waals surface area contributed by atoms with Crippen LogP contribution in [0.15, 0.2) is 18.3 Å². The van der Waals surface area contributed by atoms with Crippen LogP contribution in [0.4, 0.5) is 5.69 Å². The van der Waals surface area contributed by atoms with Gasteiger partial charge in [-0.1, -0.05) is 0 Å². The number of aromatic nitrogens is 1. The van der Waals surface area contributed by atoms with E-state index in [0.717, 1.165) is 27.9 Å². The fourth-order valence-corrected chi connectivity index (χ4v) is 3.13. The molecule has 0 fully saturated rings. The van der Waals surface area contributed by atoms with Gasteiger partial charge in [-0.3, -0.25) is 10.1 Å². The third kappa shape index (κ3) is 2.54. The van der Waals surface area contributed by atoms with Crippen LogP contribution in [-0.4, -0.2) is 12.0 Å². The normalized spacial score (nSPS) is 10.6. The fraction of sp³-hybridized carbons (Fsp3) is 0.353. The number of ether oxygens (including phenoxy) is 1. The van der Waals surface area contributed by atoms with Crippen molar-refractivity contribution in [2.24, 2.45) is 7.05 Å². The Balaban J connectivity index is 2.93. The van der Waals surface area contributed by atoms with Gasteiger partial charge >= 0.3 is 5.69 Å². The largest absolute Gasteiger partial charge is 0.490 e. The van der Waals surface area contributed by atoms with Crippen LogP contribution >= 0.6 is 0 Å². The lowest BCUT2D eigenvalue weighted by Crippen LogP contribution is -2.32. The number of pyridine rings is 1. The summed E-state index contributed by atoms with van der Waals surface area (Å²) in [5.74, 6) is 0.324. The maximum atomic E-state index is 11.4. The van der Waals surface area contributed by atoms with Crippen LogP contribution in [0.5, 0.6) is 5.75 Å². The predicted molar refractivity (Wildman–Crippen MR) is 85.2 cm³/mol. The Labute approximate surface area is 130 Å². The van der Waals surface area contributed by atoms with E-state index in [1.807, 2.05) is 44.6 Å². The summed E-state index contributed by atoms with van der Waals surface area (Å²) in [6.07, 6.45) is 2.01. The van der Waals surface area contributed by atoms with Crippen molar-refractivity contribution in [1.82, 2.24) is 0 Å². The number of benzene rings is 1. The Morgan fingerprint density at radius 3 is 2.23 bits per heavy atom. The Kier molecular flexibility index (Phi) is 4.17. The first-order valence-electron chi connectivity index (χ1n) is 7.07. The maximum Gasteiger partial charge on any atom is 0.314 e. The van der Waals surface area contributed by atoms with E-state index in [4.69, 9.17) is 4.74 Å². The zero-order valence-corrected chi connectivity index (χ0v) is 13.9. The summed E-state index contributed by atoms with van der Waals surface area (Å²) in [6, 6.07) is 3.91. The molecule has 22 heavy (non-hydrogen) atoms. The second kappa shape index (κ2) is 5.75. The highest BCUT2D eigenvalue weighted by molar-refractivity contribution is 5.78. The van der Waals surface area contributed by atoms with Crippen molar-refractivity contribution in [1.29, 1.82) is 0 Å². The highest BCUT2D eigenvalue weighted by atomic mass is 16.6. The van der Waals surface area contributed by atoms with Crippen LogP contribution in [0.3, 0.4) is 0 Å². The molecule has 1 heterocycles. The van der Waals surface area contributed by atoms with Crippen molar-refractivity contribution >= 4 is 5.69 Å². The number of aryl methyl sites for hydroxylation is 5. The average molecular weight is 301 g/mol. The lowest BCUT2D eigenvalue weighted by molar-refractivity contribution is -0.661. The monoisotopic (exact) mass is 301 g/mol. The minimum Gasteiger partial charge on any atom is -0.490 e. The highest BCUT2D eigenvalue weighted by Gasteiger charge is 2.29. The Morgan fingerprint density at radius 2 is 1.73 bits per heavy atom. The molecule has 2 aromatic rings. The van der Waals surface area contributed by atoms with Crippen molar-refractivity contribution in [2.45, 2.75) is 27.7 Å². The molecule has 0 aliphatic heterocycles. The van der Waals surface area contributed by atoms with E-state index >= 15 is 0 Å². The topological polar surface area (TPSA) is 56.2 Å². The summed E-state index contributed by atoms with van der Waals surface area (Å²) < 4.78 is 7.43. The Morgan fingerprint density at radius 1 is 1.09 bits per heavy atom. The third-order valence-corrected chi connectivity index (χ3v) is 3.83. The molecule has 0 spiro atoms. The van der Waals surface area contributed by atoms with Crippen molar-refractivity contribution in [3.63, 3.8) is 0 Å². The molecular formula is C17H21N2O3+. The van der Waals surface area contributed by atoms with E-state index in [2.05, 4.69) is 6.07 Å². The summed E-state index contributed by atoms with van der Waals surface area (Å²) in [4.78, 5) is 11.1. The van der Waals surface area contributed by atoms with Crippen molar-refractivity contribution in [3.05, 3.63) is 50.7 Å². The lowest BCUT2D eigenvalue weighted by Gasteiger charge is -2.14. The highest BCUT2D eigenvalue weighted by Crippen LogP contribution is 2.42. The van der Waals surface area contributed by atoms with E-state index < -0.39 is 0 Å². The second-order valence-electron chi connectivity index (χ2n) is 5.68. The number of methoxy groups -OCH3 is 1. The number of nitrogens with zero attached hydrogens (tertiary/aromatic N) is 2. The minimum absolute atomic E-state index is 0.0306. The Bertz CT molecular complexity index is 744. The van der Waals surface area contributed by atoms with Gasteiger partial charge in [0.2, 0.25) is 11.4 Å². The molecule has 0 aliphatic rings. The SMILES string of the molecule is COc1c(-c2c(C)cc(C)c[n+]2C)c(C)cc(C)c1[N+](=O)[O-]. The first kappa shape index (κ1) is 15.9. The third-order valence-electron chi connectivity index (χ3n) is 3.83. The van der Waals surface area contributed by atoms with Gasteiger partial charge in [-0.25, -0.2) is 4.57 Å². The van der Waals surface area contributed by atoms with Crippen LogP contribution in [0, 0.1) is 37.8 Å². The molecule has 1 aromatic carbocycles. The first-order valence-corrected chi connectivity index (χ1v) is 7.07. The molecule has 0 aliphatic carbocycles. The molecule has 0 saturated heterocycles. The summed E-state index contributed by atoms with van der Waals surface area (Å²) in [6.45, 7) is 7.72. The standard InChI is InChI=1S/C17H21N2O3/c1-10-7-12(3)15(18(5)9-10)14-11(2)8-13(4)16(19(20)21)17(14)22-6/h7-9H,1-6H3/q+1. The van der Waals surface area contributed by atoms with Crippen LogP contribution < -0.4 is 9.30 Å². The van der Waals surface area contributed by atoms with Crippen LogP contribution in [-0.2, 0) is 7.05 Å². The zero-order chi connectivity index (χ0) is 16.6. The van der Waals surface area contributed by atoms with E-state index in [-0.39, 0.29) is 10.6 Å². The Hall–Kier alpha value is -2.43. The van der Waals surface area contributed by atoms with Gasteiger partial charge in [-0.15, -0.1) is 0 Å². The van der Waals surface area contributed by atoms with Crippen molar-refractivity contribution in [3.8, 4) is 17.0 Å². The number of rotatable bonds is 3. The molecule has 0 atom stereocenters. The molecule has 0 saturated carbocycles. The molecule has 1 aromatic heterocycles. The van der Waals surface area contributed by atoms with Gasteiger partial charge in [0.25, 0.3) is 0 Å². The van der Waals surface area contributed by atoms with E-state index in [1.54, 1.807) is 6.92 Å². The zero-order valence-electron chi connectivity index (χ0n) is 13.9. The number of nitro benzene ring substituents is 1. The smallest absolute Gasteiger partial charge is 0.314 e. The van der Waals surface area contributed by atoms with Crippen molar-refractivity contribution in [2.75, 3.05) is 7.11 Å². The molecule has 0 radical (unpaired) electrons. The molecule has 0 unspecified atom stereocenters. The molecule has 5 heteroatoms. The van der Waals surface area contributed by atoms with Crippen LogP contribution in [0.25, 0.3) is 11.3 Å². The number of nitro groups is 1. The number of hydrogen-bond acceptors (Lipinski definition) is 3. The molecule has 0 bridgehead atoms. The summed E-state index contributed by atoms with van der Waals surface area (Å²) in [5, 5.41) is 11.4. The van der Waals surface area contributed by atoms with Crippen LogP contribution in [0.2, 0.25) is 0 Å². The first-order chi connectivity index (χ1) is 10.3. The van der Waals surface area contributed by atoms with Crippen molar-refractivity contribution < 1.29 is 14.2 Å². The van der Waals surface area contributed by atoms with E-state index in [1.165, 1.54) is 7.11 Å². The molecule has 5 nitrogen and oxygen atoms in total. The number of hydrogen-bond donors (Lipinski definition) is 0. The summed E-state index contributed by atoms with van der Waals surface area (Å²) >= 11 is 0.